The minimum atomic E-state index is -0.194. The number of aromatic nitrogens is 5. The Bertz CT molecular complexity index is 958. The molecule has 3 heterocycles. The van der Waals surface area contributed by atoms with Crippen LogP contribution in [0.25, 0.3) is 11.5 Å². The first-order chi connectivity index (χ1) is 12.3. The molecule has 0 fully saturated rings. The quantitative estimate of drug-likeness (QED) is 0.624. The smallest absolute Gasteiger partial charge is 0.255 e. The van der Waals surface area contributed by atoms with Gasteiger partial charge >= 0.3 is 0 Å². The summed E-state index contributed by atoms with van der Waals surface area (Å²) in [6, 6.07) is 14.5. The van der Waals surface area contributed by atoms with Crippen molar-refractivity contribution in [1.29, 1.82) is 0 Å². The zero-order valence-electron chi connectivity index (χ0n) is 13.1. The van der Waals surface area contributed by atoms with Crippen LogP contribution in [0.1, 0.15) is 10.4 Å². The molecule has 1 aromatic carbocycles. The van der Waals surface area contributed by atoms with Crippen LogP contribution in [0.2, 0.25) is 0 Å². The first kappa shape index (κ1) is 14.8. The monoisotopic (exact) mass is 330 g/mol. The average molecular weight is 330 g/mol. The van der Waals surface area contributed by atoms with Crippen LogP contribution in [0.4, 0.5) is 5.69 Å². The van der Waals surface area contributed by atoms with E-state index in [-0.39, 0.29) is 5.91 Å². The lowest BCUT2D eigenvalue weighted by atomic mass is 10.2. The minimum absolute atomic E-state index is 0.194. The summed E-state index contributed by atoms with van der Waals surface area (Å²) in [5.41, 5.74) is 2.08. The van der Waals surface area contributed by atoms with Gasteiger partial charge in [0.05, 0.1) is 17.6 Å². The fourth-order valence-corrected chi connectivity index (χ4v) is 2.39. The molecule has 1 amide bonds. The van der Waals surface area contributed by atoms with Crippen molar-refractivity contribution in [3.63, 3.8) is 0 Å². The van der Waals surface area contributed by atoms with E-state index >= 15 is 0 Å². The molecule has 0 aliphatic carbocycles. The number of benzene rings is 1. The van der Waals surface area contributed by atoms with Gasteiger partial charge in [-0.3, -0.25) is 4.79 Å². The highest BCUT2D eigenvalue weighted by molar-refractivity contribution is 6.04. The molecule has 0 saturated heterocycles. The summed E-state index contributed by atoms with van der Waals surface area (Å²) in [5.74, 6) is 0.493. The first-order valence-electron chi connectivity index (χ1n) is 7.67. The van der Waals surface area contributed by atoms with Gasteiger partial charge < -0.3 is 5.32 Å². The average Bonchev–Trinajstić information content (AvgIpc) is 3.36. The second kappa shape index (κ2) is 6.40. The van der Waals surface area contributed by atoms with Gasteiger partial charge in [0, 0.05) is 30.4 Å². The molecule has 122 valence electrons. The molecule has 0 atom stereocenters. The van der Waals surface area contributed by atoms with Gasteiger partial charge in [-0.2, -0.15) is 10.2 Å². The predicted molar refractivity (Wildman–Crippen MR) is 92.9 cm³/mol. The van der Waals surface area contributed by atoms with Crippen molar-refractivity contribution in [3.05, 3.63) is 85.1 Å². The van der Waals surface area contributed by atoms with Crippen molar-refractivity contribution in [3.8, 4) is 11.5 Å². The molecule has 0 unspecified atom stereocenters. The molecule has 4 aromatic rings. The van der Waals surface area contributed by atoms with Crippen molar-refractivity contribution in [2.75, 3.05) is 5.32 Å². The van der Waals surface area contributed by atoms with Crippen molar-refractivity contribution in [2.24, 2.45) is 0 Å². The number of carbonyl (C=O) groups excluding carboxylic acids is 1. The number of rotatable bonds is 4. The summed E-state index contributed by atoms with van der Waals surface area (Å²) >= 11 is 0. The molecule has 3 aromatic heterocycles. The molecule has 0 aliphatic rings. The maximum absolute atomic E-state index is 12.3. The Balaban J connectivity index is 1.46. The van der Waals surface area contributed by atoms with Crippen LogP contribution in [0.15, 0.2) is 79.5 Å². The summed E-state index contributed by atoms with van der Waals surface area (Å²) in [5, 5.41) is 11.1. The summed E-state index contributed by atoms with van der Waals surface area (Å²) in [6.45, 7) is 0. The molecule has 1 N–H and O–H groups in total. The summed E-state index contributed by atoms with van der Waals surface area (Å²) in [6.07, 6.45) is 8.65. The highest BCUT2D eigenvalue weighted by Gasteiger charge is 2.07. The Labute approximate surface area is 143 Å². The van der Waals surface area contributed by atoms with E-state index in [0.717, 1.165) is 5.69 Å². The fraction of sp³-hybridized carbons (Fsp3) is 0. The molecule has 25 heavy (non-hydrogen) atoms. The number of hydrogen-bond donors (Lipinski definition) is 1. The zero-order valence-corrected chi connectivity index (χ0v) is 13.1. The van der Waals surface area contributed by atoms with Crippen molar-refractivity contribution in [1.82, 2.24) is 24.5 Å². The second-order valence-electron chi connectivity index (χ2n) is 5.31. The van der Waals surface area contributed by atoms with E-state index < -0.39 is 0 Å². The van der Waals surface area contributed by atoms with Crippen LogP contribution < -0.4 is 5.32 Å². The number of carbonyl (C=O) groups is 1. The van der Waals surface area contributed by atoms with E-state index in [1.807, 2.05) is 36.7 Å². The molecule has 0 aliphatic heterocycles. The van der Waals surface area contributed by atoms with Crippen LogP contribution in [-0.4, -0.2) is 30.5 Å². The van der Waals surface area contributed by atoms with E-state index in [2.05, 4.69) is 20.5 Å². The lowest BCUT2D eigenvalue weighted by Gasteiger charge is -2.07. The molecule has 7 nitrogen and oxygen atoms in total. The third-order valence-electron chi connectivity index (χ3n) is 3.64. The van der Waals surface area contributed by atoms with Gasteiger partial charge in [0.15, 0.2) is 5.82 Å². The van der Waals surface area contributed by atoms with Crippen molar-refractivity contribution < 1.29 is 4.79 Å². The van der Waals surface area contributed by atoms with E-state index in [4.69, 9.17) is 0 Å². The largest absolute Gasteiger partial charge is 0.321 e. The molecular weight excluding hydrogens is 316 g/mol. The van der Waals surface area contributed by atoms with Gasteiger partial charge in [0.1, 0.15) is 0 Å². The first-order valence-corrected chi connectivity index (χ1v) is 7.67. The van der Waals surface area contributed by atoms with E-state index in [0.29, 0.717) is 17.1 Å². The van der Waals surface area contributed by atoms with Gasteiger partial charge in [-0.1, -0.05) is 0 Å². The maximum atomic E-state index is 12.3. The van der Waals surface area contributed by atoms with Crippen LogP contribution in [-0.2, 0) is 0 Å². The third-order valence-corrected chi connectivity index (χ3v) is 3.64. The molecule has 0 radical (unpaired) electrons. The van der Waals surface area contributed by atoms with Gasteiger partial charge in [0.25, 0.3) is 5.91 Å². The number of hydrogen-bond acceptors (Lipinski definition) is 4. The summed E-state index contributed by atoms with van der Waals surface area (Å²) in [7, 11) is 0. The molecule has 7 heteroatoms. The van der Waals surface area contributed by atoms with Crippen LogP contribution >= 0.6 is 0 Å². The van der Waals surface area contributed by atoms with Crippen LogP contribution in [0.3, 0.4) is 0 Å². The lowest BCUT2D eigenvalue weighted by Crippen LogP contribution is -2.12. The zero-order chi connectivity index (χ0) is 17.1. The Kier molecular flexibility index (Phi) is 3.80. The maximum Gasteiger partial charge on any atom is 0.255 e. The predicted octanol–water partition coefficient (Wildman–Crippen LogP) is 2.71. The Morgan fingerprint density at radius 1 is 0.880 bits per heavy atom. The minimum Gasteiger partial charge on any atom is -0.321 e. The Hall–Kier alpha value is -3.74. The van der Waals surface area contributed by atoms with Gasteiger partial charge in [-0.25, -0.2) is 14.3 Å². The number of anilines is 1. The van der Waals surface area contributed by atoms with Gasteiger partial charge in [0.2, 0.25) is 0 Å². The fourth-order valence-electron chi connectivity index (χ4n) is 2.39. The number of nitrogens with zero attached hydrogens (tertiary/aromatic N) is 5. The van der Waals surface area contributed by atoms with Gasteiger partial charge in [-0.05, 0) is 48.5 Å². The van der Waals surface area contributed by atoms with E-state index in [1.54, 1.807) is 52.2 Å². The highest BCUT2D eigenvalue weighted by Crippen LogP contribution is 2.13. The lowest BCUT2D eigenvalue weighted by molar-refractivity contribution is 0.102. The molecule has 4 rings (SSSR count). The van der Waals surface area contributed by atoms with Gasteiger partial charge in [-0.15, -0.1) is 0 Å². The van der Waals surface area contributed by atoms with Crippen molar-refractivity contribution in [2.45, 2.75) is 0 Å². The normalized spacial score (nSPS) is 10.6. The van der Waals surface area contributed by atoms with Crippen LogP contribution in [0.5, 0.6) is 0 Å². The summed E-state index contributed by atoms with van der Waals surface area (Å²) in [4.78, 5) is 16.6. The standard InChI is InChI=1S/C18H14N6O/c25-18(14-3-6-16(7-4-14)23-11-1-9-20-23)22-15-5-8-17(19-13-15)24-12-2-10-21-24/h1-13H,(H,22,25). The Morgan fingerprint density at radius 2 is 1.60 bits per heavy atom. The van der Waals surface area contributed by atoms with E-state index in [1.165, 1.54) is 0 Å². The highest BCUT2D eigenvalue weighted by atomic mass is 16.1. The molecular formula is C18H14N6O. The number of nitrogens with one attached hydrogen (secondary N) is 1. The number of pyridine rings is 1. The molecule has 0 saturated carbocycles. The summed E-state index contributed by atoms with van der Waals surface area (Å²) < 4.78 is 3.39. The number of amides is 1. The third kappa shape index (κ3) is 3.16. The Morgan fingerprint density at radius 3 is 2.20 bits per heavy atom. The molecule has 0 spiro atoms. The van der Waals surface area contributed by atoms with Crippen LogP contribution in [0, 0.1) is 0 Å². The SMILES string of the molecule is O=C(Nc1ccc(-n2cccn2)nc1)c1ccc(-n2cccn2)cc1. The van der Waals surface area contributed by atoms with Crippen molar-refractivity contribution >= 4 is 11.6 Å². The van der Waals surface area contributed by atoms with E-state index in [9.17, 15) is 4.79 Å². The molecule has 0 bridgehead atoms. The second-order valence-corrected chi connectivity index (χ2v) is 5.31. The topological polar surface area (TPSA) is 77.6 Å².